The highest BCUT2D eigenvalue weighted by Crippen LogP contribution is 2.39. The molecule has 0 aromatic heterocycles. The van der Waals surface area contributed by atoms with E-state index >= 15 is 0 Å². The molecule has 1 aromatic carbocycles. The molecule has 0 bridgehead atoms. The third-order valence-electron chi connectivity index (χ3n) is 4.18. The average molecular weight is 231 g/mol. The summed E-state index contributed by atoms with van der Waals surface area (Å²) in [5.74, 6) is 1.16. The van der Waals surface area contributed by atoms with Gasteiger partial charge in [-0.25, -0.2) is 0 Å². The van der Waals surface area contributed by atoms with Crippen LogP contribution in [0.4, 0.5) is 0 Å². The molecule has 1 unspecified atom stereocenters. The first-order valence-electron chi connectivity index (χ1n) is 6.80. The van der Waals surface area contributed by atoms with Gasteiger partial charge in [-0.3, -0.25) is 0 Å². The van der Waals surface area contributed by atoms with E-state index in [1.165, 1.54) is 36.8 Å². The molecule has 2 heteroatoms. The van der Waals surface area contributed by atoms with Crippen molar-refractivity contribution < 1.29 is 4.74 Å². The van der Waals surface area contributed by atoms with Crippen LogP contribution in [-0.2, 0) is 12.0 Å². The predicted molar refractivity (Wildman–Crippen MR) is 69.5 cm³/mol. The Morgan fingerprint density at radius 3 is 3.12 bits per heavy atom. The van der Waals surface area contributed by atoms with Gasteiger partial charge < -0.3 is 10.1 Å². The van der Waals surface area contributed by atoms with Gasteiger partial charge in [0.25, 0.3) is 0 Å². The van der Waals surface area contributed by atoms with E-state index in [2.05, 4.69) is 30.4 Å². The van der Waals surface area contributed by atoms with E-state index in [9.17, 15) is 0 Å². The van der Waals surface area contributed by atoms with Crippen LogP contribution >= 0.6 is 0 Å². The summed E-state index contributed by atoms with van der Waals surface area (Å²) in [6.07, 6.45) is 6.24. The highest BCUT2D eigenvalue weighted by Gasteiger charge is 2.32. The maximum absolute atomic E-state index is 5.85. The second kappa shape index (κ2) is 4.34. The molecule has 1 N–H and O–H groups in total. The van der Waals surface area contributed by atoms with Gasteiger partial charge in [-0.2, -0.15) is 0 Å². The molecule has 92 valence electrons. The molecule has 2 aliphatic rings. The number of fused-ring (bicyclic) bond motifs is 1. The fourth-order valence-electron chi connectivity index (χ4n) is 3.11. The van der Waals surface area contributed by atoms with E-state index < -0.39 is 0 Å². The summed E-state index contributed by atoms with van der Waals surface area (Å²) in [5, 5.41) is 3.72. The Bertz CT molecular complexity index is 405. The van der Waals surface area contributed by atoms with Crippen molar-refractivity contribution in [2.45, 2.75) is 44.6 Å². The minimum Gasteiger partial charge on any atom is -0.493 e. The van der Waals surface area contributed by atoms with Crippen LogP contribution < -0.4 is 10.1 Å². The minimum absolute atomic E-state index is 0.103. The van der Waals surface area contributed by atoms with Gasteiger partial charge in [0.2, 0.25) is 0 Å². The van der Waals surface area contributed by atoms with Crippen molar-refractivity contribution in [1.29, 1.82) is 0 Å². The molecule has 2 heterocycles. The lowest BCUT2D eigenvalue weighted by Gasteiger charge is -2.31. The number of hydrogen-bond acceptors (Lipinski definition) is 2. The number of ether oxygens (including phenoxy) is 1. The van der Waals surface area contributed by atoms with E-state index in [-0.39, 0.29) is 5.54 Å². The van der Waals surface area contributed by atoms with Crippen molar-refractivity contribution >= 4 is 0 Å². The van der Waals surface area contributed by atoms with E-state index in [1.807, 2.05) is 0 Å². The molecule has 0 amide bonds. The van der Waals surface area contributed by atoms with Crippen LogP contribution in [-0.4, -0.2) is 13.2 Å². The van der Waals surface area contributed by atoms with Gasteiger partial charge in [-0.15, -0.1) is 0 Å². The zero-order valence-electron chi connectivity index (χ0n) is 10.6. The van der Waals surface area contributed by atoms with Crippen LogP contribution in [0.3, 0.4) is 0 Å². The number of para-hydroxylation sites is 1. The summed E-state index contributed by atoms with van der Waals surface area (Å²) in [6, 6.07) is 6.62. The zero-order chi connectivity index (χ0) is 11.7. The lowest BCUT2D eigenvalue weighted by atomic mass is 9.86. The van der Waals surface area contributed by atoms with Crippen LogP contribution in [0.15, 0.2) is 18.2 Å². The highest BCUT2D eigenvalue weighted by atomic mass is 16.5. The lowest BCUT2D eigenvalue weighted by molar-refractivity contribution is 0.315. The monoisotopic (exact) mass is 231 g/mol. The van der Waals surface area contributed by atoms with Gasteiger partial charge in [0.1, 0.15) is 5.75 Å². The first kappa shape index (κ1) is 11.1. The minimum atomic E-state index is 0.103. The van der Waals surface area contributed by atoms with Crippen molar-refractivity contribution in [3.8, 4) is 5.75 Å². The Balaban J connectivity index is 1.99. The molecule has 2 nitrogen and oxygen atoms in total. The normalized spacial score (nSPS) is 28.3. The number of rotatable bonds is 1. The third-order valence-corrected chi connectivity index (χ3v) is 4.18. The van der Waals surface area contributed by atoms with Crippen molar-refractivity contribution in [3.63, 3.8) is 0 Å². The molecule has 0 spiro atoms. The lowest BCUT2D eigenvalue weighted by Crippen LogP contribution is -2.39. The summed E-state index contributed by atoms with van der Waals surface area (Å²) < 4.78 is 5.85. The molecule has 0 radical (unpaired) electrons. The maximum atomic E-state index is 5.85. The van der Waals surface area contributed by atoms with Crippen LogP contribution in [0.1, 0.15) is 43.7 Å². The standard InChI is InChI=1S/C15H21NO/c1-15(9-3-2-4-10-16-15)13-7-5-6-12-8-11-17-14(12)13/h5-7,16H,2-4,8-11H2,1H3. The van der Waals surface area contributed by atoms with Crippen LogP contribution in [0.25, 0.3) is 0 Å². The Morgan fingerprint density at radius 1 is 1.24 bits per heavy atom. The van der Waals surface area contributed by atoms with Crippen LogP contribution in [0.2, 0.25) is 0 Å². The number of nitrogens with one attached hydrogen (secondary N) is 1. The largest absolute Gasteiger partial charge is 0.493 e. The van der Waals surface area contributed by atoms with Crippen molar-refractivity contribution in [1.82, 2.24) is 5.32 Å². The van der Waals surface area contributed by atoms with E-state index in [4.69, 9.17) is 4.74 Å². The van der Waals surface area contributed by atoms with Crippen molar-refractivity contribution in [3.05, 3.63) is 29.3 Å². The summed E-state index contributed by atoms with van der Waals surface area (Å²) in [6.45, 7) is 4.30. The molecule has 1 fully saturated rings. The van der Waals surface area contributed by atoms with Gasteiger partial charge in [-0.05, 0) is 31.9 Å². The Labute approximate surface area is 103 Å². The quantitative estimate of drug-likeness (QED) is 0.802. The maximum Gasteiger partial charge on any atom is 0.127 e. The number of benzene rings is 1. The predicted octanol–water partition coefficient (Wildman–Crippen LogP) is 3.00. The van der Waals surface area contributed by atoms with Gasteiger partial charge in [0.05, 0.1) is 6.61 Å². The average Bonchev–Trinajstić information content (AvgIpc) is 2.71. The Hall–Kier alpha value is -1.02. The molecule has 0 aliphatic carbocycles. The van der Waals surface area contributed by atoms with Gasteiger partial charge >= 0.3 is 0 Å². The molecular weight excluding hydrogens is 210 g/mol. The highest BCUT2D eigenvalue weighted by molar-refractivity contribution is 5.47. The van der Waals surface area contributed by atoms with Crippen LogP contribution in [0.5, 0.6) is 5.75 Å². The number of hydrogen-bond donors (Lipinski definition) is 1. The molecule has 1 saturated heterocycles. The Kier molecular flexibility index (Phi) is 2.83. The third kappa shape index (κ3) is 1.95. The fourth-order valence-corrected chi connectivity index (χ4v) is 3.11. The summed E-state index contributed by atoms with van der Waals surface area (Å²) >= 11 is 0. The molecule has 17 heavy (non-hydrogen) atoms. The smallest absolute Gasteiger partial charge is 0.127 e. The molecule has 2 aliphatic heterocycles. The second-order valence-electron chi connectivity index (χ2n) is 5.46. The van der Waals surface area contributed by atoms with E-state index in [0.717, 1.165) is 25.3 Å². The molecular formula is C15H21NO. The topological polar surface area (TPSA) is 21.3 Å². The summed E-state index contributed by atoms with van der Waals surface area (Å²) in [5.41, 5.74) is 2.86. The fraction of sp³-hybridized carbons (Fsp3) is 0.600. The molecule has 0 saturated carbocycles. The SMILES string of the molecule is CC1(c2cccc3c2OCC3)CCCCCN1. The van der Waals surface area contributed by atoms with Gasteiger partial charge in [0, 0.05) is 17.5 Å². The summed E-state index contributed by atoms with van der Waals surface area (Å²) in [4.78, 5) is 0. The van der Waals surface area contributed by atoms with E-state index in [1.54, 1.807) is 0 Å². The van der Waals surface area contributed by atoms with Crippen molar-refractivity contribution in [2.24, 2.45) is 0 Å². The second-order valence-corrected chi connectivity index (χ2v) is 5.46. The Morgan fingerprint density at radius 2 is 2.18 bits per heavy atom. The molecule has 3 rings (SSSR count). The first-order valence-corrected chi connectivity index (χ1v) is 6.80. The summed E-state index contributed by atoms with van der Waals surface area (Å²) in [7, 11) is 0. The van der Waals surface area contributed by atoms with Crippen LogP contribution in [0, 0.1) is 0 Å². The van der Waals surface area contributed by atoms with Gasteiger partial charge in [-0.1, -0.05) is 31.0 Å². The molecule has 1 aromatic rings. The van der Waals surface area contributed by atoms with Crippen molar-refractivity contribution in [2.75, 3.05) is 13.2 Å². The zero-order valence-corrected chi connectivity index (χ0v) is 10.6. The van der Waals surface area contributed by atoms with Gasteiger partial charge in [0.15, 0.2) is 0 Å². The molecule has 1 atom stereocenters. The first-order chi connectivity index (χ1) is 8.30. The van der Waals surface area contributed by atoms with E-state index in [0.29, 0.717) is 0 Å².